The maximum absolute atomic E-state index is 6.11. The molecule has 0 saturated heterocycles. The van der Waals surface area contributed by atoms with Crippen LogP contribution in [0.3, 0.4) is 0 Å². The van der Waals surface area contributed by atoms with E-state index < -0.39 is 0 Å². The summed E-state index contributed by atoms with van der Waals surface area (Å²) in [5, 5.41) is 0.690. The second-order valence-corrected chi connectivity index (χ2v) is 5.69. The number of fused-ring (bicyclic) bond motifs is 1. The topological polar surface area (TPSA) is 56.7 Å². The Balaban J connectivity index is 2.30. The highest BCUT2D eigenvalue weighted by Crippen LogP contribution is 2.28. The summed E-state index contributed by atoms with van der Waals surface area (Å²) < 4.78 is 2.08. The Hall–Kier alpha value is -1.91. The zero-order valence-corrected chi connectivity index (χ0v) is 12.8. The minimum atomic E-state index is 0.110. The van der Waals surface area contributed by atoms with Gasteiger partial charge in [-0.25, -0.2) is 9.97 Å². The van der Waals surface area contributed by atoms with E-state index >= 15 is 0 Å². The average molecular weight is 301 g/mol. The molecule has 2 aromatic heterocycles. The van der Waals surface area contributed by atoms with Gasteiger partial charge in [0.2, 0.25) is 0 Å². The number of nitrogens with zero attached hydrogens (tertiary/aromatic N) is 3. The molecule has 5 heteroatoms. The van der Waals surface area contributed by atoms with Crippen molar-refractivity contribution in [2.45, 2.75) is 19.9 Å². The van der Waals surface area contributed by atoms with Gasteiger partial charge >= 0.3 is 0 Å². The molecule has 1 unspecified atom stereocenters. The van der Waals surface area contributed by atoms with E-state index in [9.17, 15) is 0 Å². The van der Waals surface area contributed by atoms with E-state index in [2.05, 4.69) is 16.5 Å². The van der Waals surface area contributed by atoms with Crippen molar-refractivity contribution in [2.75, 3.05) is 6.54 Å². The van der Waals surface area contributed by atoms with Crippen LogP contribution in [0.5, 0.6) is 0 Å². The van der Waals surface area contributed by atoms with E-state index in [1.165, 1.54) is 0 Å². The number of rotatable bonds is 3. The highest BCUT2D eigenvalue weighted by Gasteiger charge is 2.17. The monoisotopic (exact) mass is 300 g/mol. The van der Waals surface area contributed by atoms with Crippen LogP contribution >= 0.6 is 11.6 Å². The maximum atomic E-state index is 6.11. The number of hydrogen-bond acceptors (Lipinski definition) is 3. The van der Waals surface area contributed by atoms with E-state index in [0.717, 1.165) is 28.1 Å². The fourth-order valence-corrected chi connectivity index (χ4v) is 2.63. The number of pyridine rings is 1. The molecule has 0 fully saturated rings. The van der Waals surface area contributed by atoms with Gasteiger partial charge in [0.05, 0.1) is 0 Å². The van der Waals surface area contributed by atoms with Crippen LogP contribution in [-0.4, -0.2) is 21.1 Å². The van der Waals surface area contributed by atoms with Gasteiger partial charge in [-0.15, -0.1) is 0 Å². The van der Waals surface area contributed by atoms with Crippen LogP contribution in [0.4, 0.5) is 0 Å². The molecule has 0 radical (unpaired) electrons. The van der Waals surface area contributed by atoms with Crippen LogP contribution < -0.4 is 5.73 Å². The molecule has 0 amide bonds. The molecule has 0 bridgehead atoms. The van der Waals surface area contributed by atoms with Crippen molar-refractivity contribution in [3.8, 4) is 11.4 Å². The largest absolute Gasteiger partial charge is 0.328 e. The van der Waals surface area contributed by atoms with Gasteiger partial charge in [0.1, 0.15) is 11.3 Å². The zero-order chi connectivity index (χ0) is 15.0. The second-order valence-electron chi connectivity index (χ2n) is 5.26. The van der Waals surface area contributed by atoms with E-state index in [1.807, 2.05) is 43.5 Å². The first kappa shape index (κ1) is 14.0. The summed E-state index contributed by atoms with van der Waals surface area (Å²) in [6.45, 7) is 4.60. The van der Waals surface area contributed by atoms with Gasteiger partial charge in [0, 0.05) is 29.4 Å². The zero-order valence-electron chi connectivity index (χ0n) is 12.0. The van der Waals surface area contributed by atoms with Gasteiger partial charge in [-0.3, -0.25) is 0 Å². The number of benzene rings is 1. The number of nitrogens with two attached hydrogens (primary N) is 1. The van der Waals surface area contributed by atoms with E-state index in [1.54, 1.807) is 0 Å². The molecule has 3 aromatic rings. The summed E-state index contributed by atoms with van der Waals surface area (Å²) in [6.07, 6.45) is 1.85. The predicted octanol–water partition coefficient (Wildman–Crippen LogP) is 3.58. The highest BCUT2D eigenvalue weighted by atomic mass is 35.5. The molecule has 0 aliphatic carbocycles. The Morgan fingerprint density at radius 3 is 2.86 bits per heavy atom. The molecule has 1 atom stereocenters. The normalized spacial score (nSPS) is 12.8. The molecule has 0 aliphatic heterocycles. The molecule has 2 heterocycles. The fourth-order valence-electron chi connectivity index (χ4n) is 2.44. The maximum Gasteiger partial charge on any atom is 0.160 e. The second kappa shape index (κ2) is 5.47. The molecule has 1 aromatic carbocycles. The first-order valence-corrected chi connectivity index (χ1v) is 7.28. The van der Waals surface area contributed by atoms with Gasteiger partial charge in [-0.2, -0.15) is 0 Å². The van der Waals surface area contributed by atoms with Crippen LogP contribution in [0.15, 0.2) is 36.5 Å². The van der Waals surface area contributed by atoms with Gasteiger partial charge in [-0.1, -0.05) is 23.7 Å². The molecule has 0 spiro atoms. The summed E-state index contributed by atoms with van der Waals surface area (Å²) in [6, 6.07) is 9.84. The van der Waals surface area contributed by atoms with Gasteiger partial charge in [-0.05, 0) is 37.6 Å². The standard InChI is InChI=1S/C16H17ClN4/c1-10-6-14-16(19-9-10)21(11(2)8-18)15(20-14)12-4-3-5-13(17)7-12/h3-7,9,11H,8,18H2,1-2H3. The third-order valence-electron chi connectivity index (χ3n) is 3.53. The van der Waals surface area contributed by atoms with Crippen molar-refractivity contribution < 1.29 is 0 Å². The lowest BCUT2D eigenvalue weighted by Gasteiger charge is -2.15. The minimum Gasteiger partial charge on any atom is -0.328 e. The SMILES string of the molecule is Cc1cnc2c(c1)nc(-c1cccc(Cl)c1)n2C(C)CN. The van der Waals surface area contributed by atoms with E-state index in [4.69, 9.17) is 22.3 Å². The summed E-state index contributed by atoms with van der Waals surface area (Å²) in [5.74, 6) is 0.851. The van der Waals surface area contributed by atoms with E-state index in [0.29, 0.717) is 11.6 Å². The summed E-state index contributed by atoms with van der Waals surface area (Å²) in [5.41, 5.74) is 9.65. The van der Waals surface area contributed by atoms with Gasteiger partial charge < -0.3 is 10.3 Å². The number of aromatic nitrogens is 3. The molecule has 3 rings (SSSR count). The lowest BCUT2D eigenvalue weighted by atomic mass is 10.2. The minimum absolute atomic E-state index is 0.110. The Kier molecular flexibility index (Phi) is 3.66. The Morgan fingerprint density at radius 2 is 2.14 bits per heavy atom. The smallest absolute Gasteiger partial charge is 0.160 e. The Morgan fingerprint density at radius 1 is 1.33 bits per heavy atom. The summed E-state index contributed by atoms with van der Waals surface area (Å²) in [4.78, 5) is 9.27. The van der Waals surface area contributed by atoms with Gasteiger partial charge in [0.25, 0.3) is 0 Å². The quantitative estimate of drug-likeness (QED) is 0.804. The molecule has 108 valence electrons. The van der Waals surface area contributed by atoms with Crippen LogP contribution in [0.25, 0.3) is 22.6 Å². The molecule has 2 N–H and O–H groups in total. The Bertz CT molecular complexity index is 794. The van der Waals surface area contributed by atoms with Crippen molar-refractivity contribution in [2.24, 2.45) is 5.73 Å². The van der Waals surface area contributed by atoms with Crippen LogP contribution in [0.2, 0.25) is 5.02 Å². The first-order chi connectivity index (χ1) is 10.1. The molecular weight excluding hydrogens is 284 g/mol. The third kappa shape index (κ3) is 2.52. The van der Waals surface area contributed by atoms with Crippen LogP contribution in [-0.2, 0) is 0 Å². The Labute approximate surface area is 128 Å². The van der Waals surface area contributed by atoms with E-state index in [-0.39, 0.29) is 6.04 Å². The number of hydrogen-bond donors (Lipinski definition) is 1. The lowest BCUT2D eigenvalue weighted by molar-refractivity contribution is 0.575. The molecule has 0 saturated carbocycles. The molecule has 0 aliphatic rings. The fraction of sp³-hybridized carbons (Fsp3) is 0.250. The van der Waals surface area contributed by atoms with Crippen LogP contribution in [0, 0.1) is 6.92 Å². The first-order valence-electron chi connectivity index (χ1n) is 6.90. The number of imidazole rings is 1. The average Bonchev–Trinajstić information content (AvgIpc) is 2.84. The molecule has 4 nitrogen and oxygen atoms in total. The van der Waals surface area contributed by atoms with Crippen molar-refractivity contribution in [1.29, 1.82) is 0 Å². The van der Waals surface area contributed by atoms with Crippen molar-refractivity contribution in [3.05, 3.63) is 47.1 Å². The predicted molar refractivity (Wildman–Crippen MR) is 86.5 cm³/mol. The van der Waals surface area contributed by atoms with Crippen LogP contribution in [0.1, 0.15) is 18.5 Å². The van der Waals surface area contributed by atoms with Crippen molar-refractivity contribution in [1.82, 2.24) is 14.5 Å². The summed E-state index contributed by atoms with van der Waals surface area (Å²) >= 11 is 6.11. The lowest BCUT2D eigenvalue weighted by Crippen LogP contribution is -2.17. The number of halogens is 1. The van der Waals surface area contributed by atoms with Crippen molar-refractivity contribution in [3.63, 3.8) is 0 Å². The number of aryl methyl sites for hydroxylation is 1. The summed E-state index contributed by atoms with van der Waals surface area (Å²) in [7, 11) is 0. The van der Waals surface area contributed by atoms with Crippen molar-refractivity contribution >= 4 is 22.8 Å². The third-order valence-corrected chi connectivity index (χ3v) is 3.77. The molecular formula is C16H17ClN4. The molecule has 21 heavy (non-hydrogen) atoms. The highest BCUT2D eigenvalue weighted by molar-refractivity contribution is 6.30. The van der Waals surface area contributed by atoms with Gasteiger partial charge in [0.15, 0.2) is 5.65 Å².